The first-order valence-corrected chi connectivity index (χ1v) is 6.76. The van der Waals surface area contributed by atoms with Crippen LogP contribution in [0.2, 0.25) is 10.0 Å². The maximum Gasteiger partial charge on any atom is 0.0965 e. The molecule has 0 radical (unpaired) electrons. The number of fused-ring (bicyclic) bond motifs is 2. The van der Waals surface area contributed by atoms with E-state index in [1.807, 2.05) is 6.21 Å². The number of aromatic nitrogens is 1. The number of nitrogens with one attached hydrogen (secondary N) is 1. The number of hydrogen-bond acceptors (Lipinski definition) is 3. The molecule has 2 bridgehead atoms. The molecule has 1 aromatic heterocycles. The largest absolute Gasteiger partial charge is 0.276 e. The molecular formula is C13H13Cl2N3. The molecule has 1 heterocycles. The van der Waals surface area contributed by atoms with Crippen molar-refractivity contribution < 1.29 is 0 Å². The average molecular weight is 282 g/mol. The van der Waals surface area contributed by atoms with Gasteiger partial charge in [-0.2, -0.15) is 5.10 Å². The van der Waals surface area contributed by atoms with Crippen molar-refractivity contribution in [2.24, 2.45) is 22.9 Å². The quantitative estimate of drug-likeness (QED) is 0.517. The Morgan fingerprint density at radius 3 is 2.61 bits per heavy atom. The van der Waals surface area contributed by atoms with Gasteiger partial charge in [0.25, 0.3) is 0 Å². The Labute approximate surface area is 116 Å². The van der Waals surface area contributed by atoms with Gasteiger partial charge in [0.05, 0.1) is 15.7 Å². The molecule has 3 nitrogen and oxygen atoms in total. The van der Waals surface area contributed by atoms with Crippen LogP contribution in [0.15, 0.2) is 29.6 Å². The third-order valence-corrected chi connectivity index (χ3v) is 4.20. The predicted octanol–water partition coefficient (Wildman–Crippen LogP) is 4.00. The van der Waals surface area contributed by atoms with Crippen molar-refractivity contribution in [2.45, 2.75) is 12.8 Å². The van der Waals surface area contributed by atoms with Crippen LogP contribution in [0.25, 0.3) is 0 Å². The first kappa shape index (κ1) is 12.0. The molecule has 0 aromatic carbocycles. The third kappa shape index (κ3) is 2.25. The topological polar surface area (TPSA) is 37.3 Å². The minimum absolute atomic E-state index is 0.479. The lowest BCUT2D eigenvalue weighted by Crippen LogP contribution is -2.09. The van der Waals surface area contributed by atoms with Crippen LogP contribution in [-0.2, 0) is 0 Å². The van der Waals surface area contributed by atoms with Gasteiger partial charge < -0.3 is 0 Å². The number of allylic oxidation sites excluding steroid dienone is 2. The van der Waals surface area contributed by atoms with Crippen molar-refractivity contribution in [1.82, 2.24) is 4.98 Å². The molecule has 0 spiro atoms. The van der Waals surface area contributed by atoms with Crippen LogP contribution in [0.3, 0.4) is 0 Å². The van der Waals surface area contributed by atoms with Gasteiger partial charge in [0, 0.05) is 24.5 Å². The van der Waals surface area contributed by atoms with E-state index in [1.165, 1.54) is 12.8 Å². The van der Waals surface area contributed by atoms with Crippen LogP contribution in [-0.4, -0.2) is 11.2 Å². The fourth-order valence-corrected chi connectivity index (χ4v) is 3.16. The number of hydrazone groups is 1. The summed E-state index contributed by atoms with van der Waals surface area (Å²) in [5.74, 6) is 1.94. The Morgan fingerprint density at radius 2 is 2.00 bits per heavy atom. The molecule has 2 aliphatic carbocycles. The van der Waals surface area contributed by atoms with Gasteiger partial charge in [-0.15, -0.1) is 0 Å². The molecule has 1 saturated carbocycles. The van der Waals surface area contributed by atoms with Crippen LogP contribution in [0.5, 0.6) is 0 Å². The molecule has 0 unspecified atom stereocenters. The lowest BCUT2D eigenvalue weighted by molar-refractivity contribution is 0.594. The Bertz CT molecular complexity index is 493. The van der Waals surface area contributed by atoms with E-state index in [1.54, 1.807) is 12.4 Å². The molecule has 0 aliphatic heterocycles. The van der Waals surface area contributed by atoms with Gasteiger partial charge in [-0.25, -0.2) is 0 Å². The lowest BCUT2D eigenvalue weighted by Gasteiger charge is -2.12. The summed E-state index contributed by atoms with van der Waals surface area (Å²) in [4.78, 5) is 3.90. The van der Waals surface area contributed by atoms with Crippen LogP contribution < -0.4 is 5.43 Å². The van der Waals surface area contributed by atoms with Crippen molar-refractivity contribution in [3.63, 3.8) is 0 Å². The fraction of sp³-hybridized carbons (Fsp3) is 0.385. The first-order valence-electron chi connectivity index (χ1n) is 6.00. The lowest BCUT2D eigenvalue weighted by atomic mass is 9.95. The van der Waals surface area contributed by atoms with Gasteiger partial charge in [0.1, 0.15) is 0 Å². The van der Waals surface area contributed by atoms with E-state index in [9.17, 15) is 0 Å². The Kier molecular flexibility index (Phi) is 3.27. The van der Waals surface area contributed by atoms with Gasteiger partial charge in [-0.05, 0) is 24.7 Å². The zero-order chi connectivity index (χ0) is 12.5. The molecule has 1 N–H and O–H groups in total. The van der Waals surface area contributed by atoms with Crippen LogP contribution in [0, 0.1) is 17.8 Å². The van der Waals surface area contributed by atoms with Gasteiger partial charge in [-0.1, -0.05) is 35.4 Å². The van der Waals surface area contributed by atoms with Gasteiger partial charge in [0.2, 0.25) is 0 Å². The van der Waals surface area contributed by atoms with Crippen LogP contribution in [0.4, 0.5) is 5.69 Å². The summed E-state index contributed by atoms with van der Waals surface area (Å²) in [7, 11) is 0. The van der Waals surface area contributed by atoms with Crippen molar-refractivity contribution in [3.8, 4) is 0 Å². The second-order valence-corrected chi connectivity index (χ2v) is 5.63. The Morgan fingerprint density at radius 1 is 1.22 bits per heavy atom. The second-order valence-electron chi connectivity index (χ2n) is 4.81. The van der Waals surface area contributed by atoms with E-state index in [0.29, 0.717) is 27.6 Å². The van der Waals surface area contributed by atoms with Crippen LogP contribution in [0.1, 0.15) is 12.8 Å². The standard InChI is InChI=1S/C13H13Cl2N3/c14-11-6-16-7-12(15)13(11)18-17-5-10-4-8-1-2-9(10)3-8/h1-2,5-10H,3-4H2,(H,16,18)/b17-5-/t8-,9+,10+/m0/s1. The predicted molar refractivity (Wildman–Crippen MR) is 75.2 cm³/mol. The molecule has 94 valence electrons. The van der Waals surface area contributed by atoms with Gasteiger partial charge in [-0.3, -0.25) is 10.4 Å². The fourth-order valence-electron chi connectivity index (χ4n) is 2.71. The maximum atomic E-state index is 5.99. The van der Waals surface area contributed by atoms with E-state index < -0.39 is 0 Å². The normalized spacial score (nSPS) is 29.3. The van der Waals surface area contributed by atoms with Crippen molar-refractivity contribution in [2.75, 3.05) is 5.43 Å². The summed E-state index contributed by atoms with van der Waals surface area (Å²) in [6.45, 7) is 0. The Balaban J connectivity index is 1.66. The minimum Gasteiger partial charge on any atom is -0.276 e. The van der Waals surface area contributed by atoms with E-state index in [4.69, 9.17) is 23.2 Å². The van der Waals surface area contributed by atoms with E-state index >= 15 is 0 Å². The molecule has 1 fully saturated rings. The number of anilines is 1. The molecule has 0 saturated heterocycles. The zero-order valence-electron chi connectivity index (χ0n) is 9.68. The third-order valence-electron chi connectivity index (χ3n) is 3.63. The first-order chi connectivity index (χ1) is 8.74. The Hall–Kier alpha value is -1.06. The van der Waals surface area contributed by atoms with E-state index in [0.717, 1.165) is 5.92 Å². The molecule has 5 heteroatoms. The second kappa shape index (κ2) is 4.90. The van der Waals surface area contributed by atoms with Crippen molar-refractivity contribution in [1.29, 1.82) is 0 Å². The SMILES string of the molecule is Clc1cncc(Cl)c1N/N=C\[C@H]1C[C@H]2C=C[C@@H]1C2. The zero-order valence-corrected chi connectivity index (χ0v) is 11.2. The average Bonchev–Trinajstić information content (AvgIpc) is 2.95. The highest BCUT2D eigenvalue weighted by Gasteiger charge is 2.34. The highest BCUT2D eigenvalue weighted by atomic mass is 35.5. The van der Waals surface area contributed by atoms with Gasteiger partial charge >= 0.3 is 0 Å². The van der Waals surface area contributed by atoms with Crippen LogP contribution >= 0.6 is 23.2 Å². The van der Waals surface area contributed by atoms with Crippen molar-refractivity contribution >= 4 is 35.1 Å². The molecular weight excluding hydrogens is 269 g/mol. The number of pyridine rings is 1. The summed E-state index contributed by atoms with van der Waals surface area (Å²) < 4.78 is 0. The molecule has 3 atom stereocenters. The smallest absolute Gasteiger partial charge is 0.0965 e. The van der Waals surface area contributed by atoms with Crippen molar-refractivity contribution in [3.05, 3.63) is 34.6 Å². The van der Waals surface area contributed by atoms with Gasteiger partial charge in [0.15, 0.2) is 0 Å². The number of rotatable bonds is 3. The number of halogens is 2. The molecule has 0 amide bonds. The number of nitrogens with zero attached hydrogens (tertiary/aromatic N) is 2. The number of hydrogen-bond donors (Lipinski definition) is 1. The monoisotopic (exact) mass is 281 g/mol. The van der Waals surface area contributed by atoms with E-state index in [2.05, 4.69) is 27.7 Å². The summed E-state index contributed by atoms with van der Waals surface area (Å²) in [5, 5.41) is 5.22. The maximum absolute atomic E-state index is 5.99. The summed E-state index contributed by atoms with van der Waals surface area (Å²) in [5.41, 5.74) is 3.52. The minimum atomic E-state index is 0.479. The molecule has 2 aliphatic rings. The molecule has 18 heavy (non-hydrogen) atoms. The summed E-state index contributed by atoms with van der Waals surface area (Å²) in [6, 6.07) is 0. The summed E-state index contributed by atoms with van der Waals surface area (Å²) in [6.07, 6.45) is 12.2. The molecule has 3 rings (SSSR count). The van der Waals surface area contributed by atoms with E-state index in [-0.39, 0.29) is 0 Å². The summed E-state index contributed by atoms with van der Waals surface area (Å²) >= 11 is 12.0. The highest BCUT2D eigenvalue weighted by Crippen LogP contribution is 2.42. The molecule has 1 aromatic rings. The highest BCUT2D eigenvalue weighted by molar-refractivity contribution is 6.38.